The number of aryl methyl sites for hydroxylation is 2. The van der Waals surface area contributed by atoms with Crippen LogP contribution in [0, 0.1) is 13.8 Å². The Kier molecular flexibility index (Phi) is 5.63. The van der Waals surface area contributed by atoms with Gasteiger partial charge in [-0.25, -0.2) is 0 Å². The van der Waals surface area contributed by atoms with Gasteiger partial charge < -0.3 is 14.6 Å². The van der Waals surface area contributed by atoms with E-state index in [-0.39, 0.29) is 12.5 Å². The minimum absolute atomic E-state index is 0.144. The van der Waals surface area contributed by atoms with E-state index < -0.39 is 0 Å². The largest absolute Gasteiger partial charge is 0.485 e. The highest BCUT2D eigenvalue weighted by Crippen LogP contribution is 2.19. The van der Waals surface area contributed by atoms with Gasteiger partial charge in [0.15, 0.2) is 6.61 Å². The maximum atomic E-state index is 12.5. The molecule has 3 rings (SSSR count). The molecule has 0 saturated heterocycles. The van der Waals surface area contributed by atoms with Gasteiger partial charge in [0.2, 0.25) is 11.7 Å². The van der Waals surface area contributed by atoms with Gasteiger partial charge >= 0.3 is 0 Å². The molecule has 2 aromatic carbocycles. The molecule has 6 nitrogen and oxygen atoms in total. The third-order valence-corrected chi connectivity index (χ3v) is 4.00. The fourth-order valence-electron chi connectivity index (χ4n) is 2.62. The van der Waals surface area contributed by atoms with Gasteiger partial charge in [-0.1, -0.05) is 41.6 Å². The van der Waals surface area contributed by atoms with Gasteiger partial charge in [-0.3, -0.25) is 4.79 Å². The quantitative estimate of drug-likeness (QED) is 0.707. The van der Waals surface area contributed by atoms with Crippen molar-refractivity contribution < 1.29 is 14.1 Å². The SMILES string of the molecule is Cc1nc(COc2ccccc2C(=O)NCCc2ccccc2C)no1. The summed E-state index contributed by atoms with van der Waals surface area (Å²) in [5.74, 6) is 1.24. The van der Waals surface area contributed by atoms with E-state index in [0.29, 0.717) is 29.6 Å². The van der Waals surface area contributed by atoms with Crippen molar-refractivity contribution in [2.24, 2.45) is 0 Å². The monoisotopic (exact) mass is 351 g/mol. The highest BCUT2D eigenvalue weighted by molar-refractivity contribution is 5.96. The van der Waals surface area contributed by atoms with Crippen LogP contribution in [0.2, 0.25) is 0 Å². The summed E-state index contributed by atoms with van der Waals surface area (Å²) in [6, 6.07) is 15.3. The molecule has 0 spiro atoms. The highest BCUT2D eigenvalue weighted by Gasteiger charge is 2.13. The van der Waals surface area contributed by atoms with Gasteiger partial charge in [-0.15, -0.1) is 0 Å². The van der Waals surface area contributed by atoms with Gasteiger partial charge in [0, 0.05) is 13.5 Å². The number of nitrogens with one attached hydrogen (secondary N) is 1. The van der Waals surface area contributed by atoms with E-state index in [2.05, 4.69) is 34.5 Å². The summed E-state index contributed by atoms with van der Waals surface area (Å²) >= 11 is 0. The summed E-state index contributed by atoms with van der Waals surface area (Å²) in [4.78, 5) is 16.6. The van der Waals surface area contributed by atoms with Crippen molar-refractivity contribution >= 4 is 5.91 Å². The standard InChI is InChI=1S/C20H21N3O3/c1-14-7-3-4-8-16(14)11-12-21-20(24)17-9-5-6-10-18(17)25-13-19-22-15(2)26-23-19/h3-10H,11-13H2,1-2H3,(H,21,24). The van der Waals surface area contributed by atoms with Crippen LogP contribution in [-0.2, 0) is 13.0 Å². The number of hydrogen-bond acceptors (Lipinski definition) is 5. The van der Waals surface area contributed by atoms with E-state index in [4.69, 9.17) is 9.26 Å². The minimum atomic E-state index is -0.168. The van der Waals surface area contributed by atoms with Crippen molar-refractivity contribution in [2.45, 2.75) is 26.9 Å². The Labute approximate surface area is 152 Å². The Morgan fingerprint density at radius 3 is 2.65 bits per heavy atom. The van der Waals surface area contributed by atoms with Crippen LogP contribution in [0.1, 0.15) is 33.2 Å². The number of rotatable bonds is 7. The van der Waals surface area contributed by atoms with Crippen molar-refractivity contribution in [3.8, 4) is 5.75 Å². The van der Waals surface area contributed by atoms with Crippen LogP contribution in [-0.4, -0.2) is 22.6 Å². The van der Waals surface area contributed by atoms with Crippen LogP contribution in [0.3, 0.4) is 0 Å². The van der Waals surface area contributed by atoms with Crippen molar-refractivity contribution in [1.82, 2.24) is 15.5 Å². The number of amides is 1. The molecule has 6 heteroatoms. The third kappa shape index (κ3) is 4.47. The molecule has 0 radical (unpaired) electrons. The normalized spacial score (nSPS) is 10.5. The molecule has 0 bridgehead atoms. The average Bonchev–Trinajstić information content (AvgIpc) is 3.07. The summed E-state index contributed by atoms with van der Waals surface area (Å²) in [6.07, 6.45) is 0.781. The van der Waals surface area contributed by atoms with E-state index in [1.54, 1.807) is 19.1 Å². The fraction of sp³-hybridized carbons (Fsp3) is 0.250. The van der Waals surface area contributed by atoms with E-state index in [9.17, 15) is 4.79 Å². The summed E-state index contributed by atoms with van der Waals surface area (Å²) in [5.41, 5.74) is 2.93. The molecular formula is C20H21N3O3. The first kappa shape index (κ1) is 17.7. The zero-order chi connectivity index (χ0) is 18.4. The predicted octanol–water partition coefficient (Wildman–Crippen LogP) is 3.24. The van der Waals surface area contributed by atoms with Crippen LogP contribution in [0.25, 0.3) is 0 Å². The van der Waals surface area contributed by atoms with Gasteiger partial charge in [-0.2, -0.15) is 4.98 Å². The molecular weight excluding hydrogens is 330 g/mol. The number of ether oxygens (including phenoxy) is 1. The fourth-order valence-corrected chi connectivity index (χ4v) is 2.62. The number of carbonyl (C=O) groups is 1. The zero-order valence-electron chi connectivity index (χ0n) is 14.9. The van der Waals surface area contributed by atoms with E-state index >= 15 is 0 Å². The lowest BCUT2D eigenvalue weighted by Crippen LogP contribution is -2.26. The minimum Gasteiger partial charge on any atom is -0.485 e. The lowest BCUT2D eigenvalue weighted by molar-refractivity contribution is 0.0949. The maximum Gasteiger partial charge on any atom is 0.255 e. The van der Waals surface area contributed by atoms with Crippen LogP contribution in [0.5, 0.6) is 5.75 Å². The van der Waals surface area contributed by atoms with E-state index in [1.807, 2.05) is 24.3 Å². The number of para-hydroxylation sites is 1. The molecule has 0 fully saturated rings. The van der Waals surface area contributed by atoms with Crippen LogP contribution < -0.4 is 10.1 Å². The van der Waals surface area contributed by atoms with E-state index in [0.717, 1.165) is 6.42 Å². The molecule has 0 aliphatic rings. The Hall–Kier alpha value is -3.15. The van der Waals surface area contributed by atoms with Crippen LogP contribution >= 0.6 is 0 Å². The van der Waals surface area contributed by atoms with Crippen molar-refractivity contribution in [1.29, 1.82) is 0 Å². The molecule has 26 heavy (non-hydrogen) atoms. The second-order valence-electron chi connectivity index (χ2n) is 5.95. The second kappa shape index (κ2) is 8.29. The third-order valence-electron chi connectivity index (χ3n) is 4.00. The Morgan fingerprint density at radius 1 is 1.12 bits per heavy atom. The summed E-state index contributed by atoms with van der Waals surface area (Å²) in [6.45, 7) is 4.49. The number of hydrogen-bond donors (Lipinski definition) is 1. The molecule has 134 valence electrons. The molecule has 1 amide bonds. The van der Waals surface area contributed by atoms with Crippen LogP contribution in [0.4, 0.5) is 0 Å². The number of carbonyl (C=O) groups excluding carboxylic acids is 1. The molecule has 0 aliphatic heterocycles. The summed E-state index contributed by atoms with van der Waals surface area (Å²) in [5, 5.41) is 6.73. The number of aromatic nitrogens is 2. The number of benzene rings is 2. The van der Waals surface area contributed by atoms with Crippen molar-refractivity contribution in [2.75, 3.05) is 6.54 Å². The van der Waals surface area contributed by atoms with Gasteiger partial charge in [-0.05, 0) is 36.6 Å². The second-order valence-corrected chi connectivity index (χ2v) is 5.95. The maximum absolute atomic E-state index is 12.5. The molecule has 1 heterocycles. The number of nitrogens with zero attached hydrogens (tertiary/aromatic N) is 2. The van der Waals surface area contributed by atoms with Crippen molar-refractivity contribution in [3.63, 3.8) is 0 Å². The molecule has 0 aliphatic carbocycles. The lowest BCUT2D eigenvalue weighted by atomic mass is 10.1. The molecule has 1 aromatic heterocycles. The first-order valence-corrected chi connectivity index (χ1v) is 8.47. The van der Waals surface area contributed by atoms with Gasteiger partial charge in [0.05, 0.1) is 5.56 Å². The molecule has 0 saturated carbocycles. The predicted molar refractivity (Wildman–Crippen MR) is 97.0 cm³/mol. The van der Waals surface area contributed by atoms with Gasteiger partial charge in [0.1, 0.15) is 5.75 Å². The first-order chi connectivity index (χ1) is 12.6. The summed E-state index contributed by atoms with van der Waals surface area (Å²) in [7, 11) is 0. The molecule has 3 aromatic rings. The Morgan fingerprint density at radius 2 is 1.88 bits per heavy atom. The van der Waals surface area contributed by atoms with Gasteiger partial charge in [0.25, 0.3) is 5.91 Å². The molecule has 0 unspecified atom stereocenters. The van der Waals surface area contributed by atoms with Crippen molar-refractivity contribution in [3.05, 3.63) is 76.9 Å². The molecule has 0 atom stereocenters. The zero-order valence-corrected chi connectivity index (χ0v) is 14.9. The molecule has 1 N–H and O–H groups in total. The summed E-state index contributed by atoms with van der Waals surface area (Å²) < 4.78 is 10.6. The first-order valence-electron chi connectivity index (χ1n) is 8.47. The topological polar surface area (TPSA) is 77.2 Å². The smallest absolute Gasteiger partial charge is 0.255 e. The Bertz CT molecular complexity index is 889. The lowest BCUT2D eigenvalue weighted by Gasteiger charge is -2.11. The Balaban J connectivity index is 1.59. The average molecular weight is 351 g/mol. The van der Waals surface area contributed by atoms with E-state index in [1.165, 1.54) is 11.1 Å². The van der Waals surface area contributed by atoms with Crippen LogP contribution in [0.15, 0.2) is 53.1 Å². The highest BCUT2D eigenvalue weighted by atomic mass is 16.5.